The summed E-state index contributed by atoms with van der Waals surface area (Å²) in [5.41, 5.74) is 2.08. The molecule has 2 heterocycles. The molecule has 1 atom stereocenters. The van der Waals surface area contributed by atoms with Crippen LogP contribution >= 0.6 is 0 Å². The minimum atomic E-state index is -0.715. The highest BCUT2D eigenvalue weighted by Crippen LogP contribution is 2.26. The number of aliphatic carboxylic acids is 1. The highest BCUT2D eigenvalue weighted by Gasteiger charge is 2.33. The predicted octanol–water partition coefficient (Wildman–Crippen LogP) is 1.74. The summed E-state index contributed by atoms with van der Waals surface area (Å²) in [5.74, 6) is -0.937. The third-order valence-corrected chi connectivity index (χ3v) is 4.58. The van der Waals surface area contributed by atoms with Gasteiger partial charge < -0.3 is 10.4 Å². The van der Waals surface area contributed by atoms with Crippen molar-refractivity contribution in [2.24, 2.45) is 5.92 Å². The van der Waals surface area contributed by atoms with Crippen LogP contribution in [-0.4, -0.2) is 41.0 Å². The second-order valence-electron chi connectivity index (χ2n) is 5.85. The van der Waals surface area contributed by atoms with Gasteiger partial charge in [-0.25, -0.2) is 0 Å². The summed E-state index contributed by atoms with van der Waals surface area (Å²) in [6.45, 7) is 1.37. The molecule has 21 heavy (non-hydrogen) atoms. The largest absolute Gasteiger partial charge is 0.481 e. The fourth-order valence-corrected chi connectivity index (χ4v) is 3.31. The molecule has 0 bridgehead atoms. The lowest BCUT2D eigenvalue weighted by Gasteiger charge is -2.35. The number of carboxylic acid groups (broad SMARTS) is 1. The molecule has 0 aromatic heterocycles. The maximum atomic E-state index is 12.4. The normalized spacial score (nSPS) is 24.0. The van der Waals surface area contributed by atoms with Gasteiger partial charge in [-0.3, -0.25) is 14.5 Å². The van der Waals surface area contributed by atoms with Crippen LogP contribution in [0.5, 0.6) is 0 Å². The van der Waals surface area contributed by atoms with Gasteiger partial charge in [0, 0.05) is 5.69 Å². The van der Waals surface area contributed by atoms with Gasteiger partial charge in [0.15, 0.2) is 0 Å². The molecule has 2 aliphatic rings. The van der Waals surface area contributed by atoms with Crippen LogP contribution in [0.2, 0.25) is 0 Å². The van der Waals surface area contributed by atoms with Crippen molar-refractivity contribution in [2.75, 3.05) is 18.4 Å². The number of nitrogens with one attached hydrogen (secondary N) is 1. The number of aryl methyl sites for hydroxylation is 1. The second-order valence-corrected chi connectivity index (χ2v) is 5.85. The first-order valence-corrected chi connectivity index (χ1v) is 7.51. The highest BCUT2D eigenvalue weighted by atomic mass is 16.4. The van der Waals surface area contributed by atoms with Crippen molar-refractivity contribution in [2.45, 2.75) is 31.7 Å². The number of carboxylic acids is 1. The number of nitrogens with zero attached hydrogens (tertiary/aromatic N) is 1. The molecule has 1 saturated heterocycles. The van der Waals surface area contributed by atoms with Crippen LogP contribution < -0.4 is 5.32 Å². The molecule has 1 fully saturated rings. The molecule has 112 valence electrons. The van der Waals surface area contributed by atoms with Crippen molar-refractivity contribution in [1.29, 1.82) is 0 Å². The lowest BCUT2D eigenvalue weighted by atomic mass is 9.95. The van der Waals surface area contributed by atoms with Gasteiger partial charge in [0.05, 0.1) is 12.0 Å². The zero-order chi connectivity index (χ0) is 14.8. The Hall–Kier alpha value is -1.88. The number of carbonyl (C=O) groups excluding carboxylic acids is 1. The second kappa shape index (κ2) is 5.85. The lowest BCUT2D eigenvalue weighted by molar-refractivity contribution is -0.143. The first-order chi connectivity index (χ1) is 10.1. The first kappa shape index (κ1) is 14.1. The van der Waals surface area contributed by atoms with E-state index in [1.165, 1.54) is 5.56 Å². The van der Waals surface area contributed by atoms with E-state index in [0.717, 1.165) is 18.5 Å². The average Bonchev–Trinajstić information content (AvgIpc) is 2.65. The molecule has 5 nitrogen and oxygen atoms in total. The Morgan fingerprint density at radius 2 is 1.90 bits per heavy atom. The minimum Gasteiger partial charge on any atom is -0.481 e. The maximum Gasteiger partial charge on any atom is 0.306 e. The van der Waals surface area contributed by atoms with Crippen molar-refractivity contribution >= 4 is 17.6 Å². The first-order valence-electron chi connectivity index (χ1n) is 7.51. The van der Waals surface area contributed by atoms with E-state index in [-0.39, 0.29) is 17.9 Å². The Bertz CT molecular complexity index is 550. The van der Waals surface area contributed by atoms with Crippen LogP contribution in [0.1, 0.15) is 24.8 Å². The van der Waals surface area contributed by atoms with Gasteiger partial charge in [-0.2, -0.15) is 0 Å². The van der Waals surface area contributed by atoms with Gasteiger partial charge in [-0.1, -0.05) is 18.2 Å². The smallest absolute Gasteiger partial charge is 0.306 e. The number of hydrogen-bond acceptors (Lipinski definition) is 3. The SMILES string of the molecule is O=C(O)C1CCN([C@H]2CCc3ccccc3NC2=O)CC1. The van der Waals surface area contributed by atoms with E-state index in [2.05, 4.69) is 16.3 Å². The van der Waals surface area contributed by atoms with Gasteiger partial charge in [0.2, 0.25) is 5.91 Å². The van der Waals surface area contributed by atoms with Crippen LogP contribution in [0.3, 0.4) is 0 Å². The quantitative estimate of drug-likeness (QED) is 0.869. The summed E-state index contributed by atoms with van der Waals surface area (Å²) >= 11 is 0. The average molecular weight is 288 g/mol. The molecule has 1 amide bonds. The molecule has 0 saturated carbocycles. The number of amides is 1. The van der Waals surface area contributed by atoms with E-state index in [1.54, 1.807) is 0 Å². The van der Waals surface area contributed by atoms with Crippen molar-refractivity contribution < 1.29 is 14.7 Å². The van der Waals surface area contributed by atoms with E-state index in [1.807, 2.05) is 18.2 Å². The third-order valence-electron chi connectivity index (χ3n) is 4.58. The topological polar surface area (TPSA) is 69.6 Å². The van der Waals surface area contributed by atoms with Gasteiger partial charge in [-0.15, -0.1) is 0 Å². The summed E-state index contributed by atoms with van der Waals surface area (Å²) < 4.78 is 0. The number of likely N-dealkylation sites (tertiary alicyclic amines) is 1. The lowest BCUT2D eigenvalue weighted by Crippen LogP contribution is -2.48. The molecule has 0 radical (unpaired) electrons. The van der Waals surface area contributed by atoms with E-state index in [4.69, 9.17) is 5.11 Å². The summed E-state index contributed by atoms with van der Waals surface area (Å²) in [6.07, 6.45) is 2.93. The highest BCUT2D eigenvalue weighted by molar-refractivity contribution is 5.96. The monoisotopic (exact) mass is 288 g/mol. The van der Waals surface area contributed by atoms with E-state index in [0.29, 0.717) is 25.9 Å². The molecular formula is C16H20N2O3. The standard InChI is InChI=1S/C16H20N2O3/c19-15-14(18-9-7-12(8-10-18)16(20)21)6-5-11-3-1-2-4-13(11)17-15/h1-4,12,14H,5-10H2,(H,17,19)(H,20,21)/t14-/m0/s1. The Balaban J connectivity index is 1.68. The van der Waals surface area contributed by atoms with Crippen molar-refractivity contribution in [3.63, 3.8) is 0 Å². The molecular weight excluding hydrogens is 268 g/mol. The number of fused-ring (bicyclic) bond motifs is 1. The number of piperidine rings is 1. The number of hydrogen-bond donors (Lipinski definition) is 2. The van der Waals surface area contributed by atoms with Crippen LogP contribution in [-0.2, 0) is 16.0 Å². The van der Waals surface area contributed by atoms with Crippen LogP contribution in [0.25, 0.3) is 0 Å². The molecule has 1 aromatic rings. The summed E-state index contributed by atoms with van der Waals surface area (Å²) in [5, 5.41) is 12.1. The summed E-state index contributed by atoms with van der Waals surface area (Å²) in [4.78, 5) is 25.6. The van der Waals surface area contributed by atoms with Gasteiger partial charge >= 0.3 is 5.97 Å². The van der Waals surface area contributed by atoms with Gasteiger partial charge in [-0.05, 0) is 50.4 Å². The van der Waals surface area contributed by atoms with Gasteiger partial charge in [0.25, 0.3) is 0 Å². The number of rotatable bonds is 2. The minimum absolute atomic E-state index is 0.0359. The van der Waals surface area contributed by atoms with Crippen LogP contribution in [0.4, 0.5) is 5.69 Å². The van der Waals surface area contributed by atoms with Crippen LogP contribution in [0.15, 0.2) is 24.3 Å². The zero-order valence-electron chi connectivity index (χ0n) is 11.9. The predicted molar refractivity (Wildman–Crippen MR) is 79.1 cm³/mol. The summed E-state index contributed by atoms with van der Waals surface area (Å²) in [7, 11) is 0. The van der Waals surface area contributed by atoms with E-state index < -0.39 is 5.97 Å². The molecule has 0 unspecified atom stereocenters. The Labute approximate surface area is 123 Å². The van der Waals surface area contributed by atoms with Gasteiger partial charge in [0.1, 0.15) is 0 Å². The molecule has 2 aliphatic heterocycles. The maximum absolute atomic E-state index is 12.4. The number of benzene rings is 1. The van der Waals surface area contributed by atoms with Crippen molar-refractivity contribution in [3.05, 3.63) is 29.8 Å². The number of carbonyl (C=O) groups is 2. The Morgan fingerprint density at radius 3 is 2.62 bits per heavy atom. The number of anilines is 1. The van der Waals surface area contributed by atoms with E-state index in [9.17, 15) is 9.59 Å². The fraction of sp³-hybridized carbons (Fsp3) is 0.500. The Kier molecular flexibility index (Phi) is 3.92. The fourth-order valence-electron chi connectivity index (χ4n) is 3.31. The molecule has 0 spiro atoms. The molecule has 3 rings (SSSR count). The molecule has 5 heteroatoms. The summed E-state index contributed by atoms with van der Waals surface area (Å²) in [6, 6.07) is 7.76. The van der Waals surface area contributed by atoms with E-state index >= 15 is 0 Å². The molecule has 0 aliphatic carbocycles. The third kappa shape index (κ3) is 2.93. The Morgan fingerprint density at radius 1 is 1.19 bits per heavy atom. The van der Waals surface area contributed by atoms with Crippen LogP contribution in [0, 0.1) is 5.92 Å². The van der Waals surface area contributed by atoms with Crippen molar-refractivity contribution in [1.82, 2.24) is 4.90 Å². The number of para-hydroxylation sites is 1. The molecule has 2 N–H and O–H groups in total. The van der Waals surface area contributed by atoms with Crippen molar-refractivity contribution in [3.8, 4) is 0 Å². The zero-order valence-corrected chi connectivity index (χ0v) is 11.9. The molecule has 1 aromatic carbocycles.